The highest BCUT2D eigenvalue weighted by Gasteiger charge is 2.45. The summed E-state index contributed by atoms with van der Waals surface area (Å²) in [4.78, 5) is 48.1. The predicted octanol–water partition coefficient (Wildman–Crippen LogP) is 0.457. The van der Waals surface area contributed by atoms with Crippen molar-refractivity contribution in [3.8, 4) is 0 Å². The number of rotatable bonds is 0. The van der Waals surface area contributed by atoms with Gasteiger partial charge >= 0.3 is 6.09 Å². The number of likely N-dealkylation sites (N-methyl/N-ethyl adjacent to an activating group) is 1. The van der Waals surface area contributed by atoms with Gasteiger partial charge in [-0.25, -0.2) is 9.78 Å². The zero-order chi connectivity index (χ0) is 17.9. The first kappa shape index (κ1) is 15.4. The minimum Gasteiger partial charge on any atom is -0.465 e. The molecule has 0 saturated carbocycles. The number of carbonyl (C=O) groups excluding carboxylic acids is 1. The van der Waals surface area contributed by atoms with Crippen LogP contribution in [-0.2, 0) is 4.79 Å². The van der Waals surface area contributed by atoms with Gasteiger partial charge in [-0.3, -0.25) is 9.59 Å². The Hall–Kier alpha value is -3.10. The maximum absolute atomic E-state index is 12.8. The third-order valence-corrected chi connectivity index (χ3v) is 4.96. The average molecular weight is 343 g/mol. The van der Waals surface area contributed by atoms with Gasteiger partial charge in [0.05, 0.1) is 12.2 Å². The number of fused-ring (bicyclic) bond motifs is 5. The van der Waals surface area contributed by atoms with Gasteiger partial charge in [-0.05, 0) is 19.1 Å². The molecule has 2 amide bonds. The van der Waals surface area contributed by atoms with Gasteiger partial charge in [-0.2, -0.15) is 0 Å². The fourth-order valence-electron chi connectivity index (χ4n) is 3.73. The minimum atomic E-state index is -1.05. The molecule has 2 N–H and O–H groups in total. The summed E-state index contributed by atoms with van der Waals surface area (Å²) in [5.74, 6) is -0.292. The van der Waals surface area contributed by atoms with Gasteiger partial charge in [0.2, 0.25) is 0 Å². The van der Waals surface area contributed by atoms with Crippen molar-refractivity contribution in [3.05, 3.63) is 28.7 Å². The van der Waals surface area contributed by atoms with Crippen LogP contribution in [0.5, 0.6) is 0 Å². The molecule has 0 bridgehead atoms. The van der Waals surface area contributed by atoms with Crippen molar-refractivity contribution in [1.29, 1.82) is 0 Å². The van der Waals surface area contributed by atoms with E-state index < -0.39 is 12.1 Å². The Kier molecular flexibility index (Phi) is 3.21. The standard InChI is InChI=1S/C16H17N5O4/c1-8-6-21-10(7-20(8)16(24)25)15(23)19(2)12-11(21)9-4-3-5-17-13(9)18-14(12)22/h3-5,8,10H,6-7H2,1-2H3,(H,24,25)(H,17,18,22). The molecule has 2 aliphatic heterocycles. The van der Waals surface area contributed by atoms with Gasteiger partial charge in [0.15, 0.2) is 0 Å². The van der Waals surface area contributed by atoms with Crippen LogP contribution in [0.15, 0.2) is 23.1 Å². The Morgan fingerprint density at radius 3 is 2.80 bits per heavy atom. The van der Waals surface area contributed by atoms with Crippen molar-refractivity contribution < 1.29 is 14.7 Å². The van der Waals surface area contributed by atoms with E-state index in [0.29, 0.717) is 17.9 Å². The quantitative estimate of drug-likeness (QED) is 0.719. The number of nitrogens with one attached hydrogen (secondary N) is 1. The summed E-state index contributed by atoms with van der Waals surface area (Å²) in [5, 5.41) is 10.1. The summed E-state index contributed by atoms with van der Waals surface area (Å²) in [6.45, 7) is 2.19. The molecule has 2 unspecified atom stereocenters. The van der Waals surface area contributed by atoms with Crippen LogP contribution in [0.1, 0.15) is 6.92 Å². The predicted molar refractivity (Wildman–Crippen MR) is 91.1 cm³/mol. The van der Waals surface area contributed by atoms with Crippen LogP contribution >= 0.6 is 0 Å². The topological polar surface area (TPSA) is 110 Å². The second kappa shape index (κ2) is 5.20. The van der Waals surface area contributed by atoms with Gasteiger partial charge in [-0.15, -0.1) is 0 Å². The highest BCUT2D eigenvalue weighted by Crippen LogP contribution is 2.39. The fraction of sp³-hybridized carbons (Fsp3) is 0.375. The smallest absolute Gasteiger partial charge is 0.407 e. The second-order valence-electron chi connectivity index (χ2n) is 6.40. The zero-order valence-corrected chi connectivity index (χ0v) is 13.8. The molecule has 2 aliphatic rings. The van der Waals surface area contributed by atoms with Crippen LogP contribution in [0.2, 0.25) is 0 Å². The molecular formula is C16H17N5O4. The molecule has 4 rings (SSSR count). The summed E-state index contributed by atoms with van der Waals surface area (Å²) in [6.07, 6.45) is 0.538. The van der Waals surface area contributed by atoms with Crippen LogP contribution in [-0.4, -0.2) is 64.2 Å². The Bertz CT molecular complexity index is 955. The number of pyridine rings is 2. The molecule has 2 aromatic rings. The molecule has 1 saturated heterocycles. The van der Waals surface area contributed by atoms with Crippen molar-refractivity contribution in [2.45, 2.75) is 19.0 Å². The number of nitrogens with zero attached hydrogens (tertiary/aromatic N) is 4. The van der Waals surface area contributed by atoms with E-state index in [1.807, 2.05) is 11.0 Å². The summed E-state index contributed by atoms with van der Waals surface area (Å²) in [5.41, 5.74) is 0.971. The Morgan fingerprint density at radius 1 is 1.32 bits per heavy atom. The lowest BCUT2D eigenvalue weighted by Gasteiger charge is -2.49. The molecule has 0 aliphatic carbocycles. The second-order valence-corrected chi connectivity index (χ2v) is 6.40. The van der Waals surface area contributed by atoms with E-state index in [2.05, 4.69) is 9.97 Å². The lowest BCUT2D eigenvalue weighted by atomic mass is 10.00. The number of carbonyl (C=O) groups is 2. The Morgan fingerprint density at radius 2 is 2.08 bits per heavy atom. The maximum Gasteiger partial charge on any atom is 0.407 e. The first-order valence-corrected chi connectivity index (χ1v) is 7.95. The van der Waals surface area contributed by atoms with Crippen LogP contribution in [0.3, 0.4) is 0 Å². The normalized spacial score (nSPS) is 22.8. The number of hydrogen-bond acceptors (Lipinski definition) is 5. The van der Waals surface area contributed by atoms with E-state index in [0.717, 1.165) is 5.39 Å². The number of piperazine rings is 1. The molecule has 0 radical (unpaired) electrons. The number of aromatic amines is 1. The first-order chi connectivity index (χ1) is 11.9. The van der Waals surface area contributed by atoms with E-state index in [1.165, 1.54) is 9.80 Å². The summed E-state index contributed by atoms with van der Waals surface area (Å²) in [7, 11) is 1.54. The fourth-order valence-corrected chi connectivity index (χ4v) is 3.73. The largest absolute Gasteiger partial charge is 0.465 e. The lowest BCUT2D eigenvalue weighted by molar-refractivity contribution is -0.120. The van der Waals surface area contributed by atoms with Gasteiger partial charge in [0.25, 0.3) is 11.5 Å². The van der Waals surface area contributed by atoms with Crippen molar-refractivity contribution in [1.82, 2.24) is 14.9 Å². The molecule has 9 nitrogen and oxygen atoms in total. The molecule has 130 valence electrons. The van der Waals surface area contributed by atoms with Gasteiger partial charge in [0.1, 0.15) is 17.4 Å². The molecule has 2 atom stereocenters. The summed E-state index contributed by atoms with van der Waals surface area (Å²) < 4.78 is 0. The van der Waals surface area contributed by atoms with Crippen LogP contribution < -0.4 is 15.4 Å². The highest BCUT2D eigenvalue weighted by molar-refractivity contribution is 6.11. The minimum absolute atomic E-state index is 0.0632. The molecule has 4 heterocycles. The van der Waals surface area contributed by atoms with E-state index in [1.54, 1.807) is 26.2 Å². The highest BCUT2D eigenvalue weighted by atomic mass is 16.4. The lowest BCUT2D eigenvalue weighted by Crippen LogP contribution is -2.66. The van der Waals surface area contributed by atoms with Gasteiger partial charge in [0, 0.05) is 31.2 Å². The number of aromatic nitrogens is 2. The van der Waals surface area contributed by atoms with Crippen molar-refractivity contribution in [2.75, 3.05) is 29.9 Å². The van der Waals surface area contributed by atoms with Crippen molar-refractivity contribution in [2.24, 2.45) is 0 Å². The van der Waals surface area contributed by atoms with Crippen LogP contribution in [0.4, 0.5) is 16.2 Å². The number of carboxylic acid groups (broad SMARTS) is 1. The molecule has 25 heavy (non-hydrogen) atoms. The van der Waals surface area contributed by atoms with Crippen molar-refractivity contribution >= 4 is 34.4 Å². The number of anilines is 2. The van der Waals surface area contributed by atoms with Crippen LogP contribution in [0, 0.1) is 0 Å². The zero-order valence-electron chi connectivity index (χ0n) is 13.8. The van der Waals surface area contributed by atoms with Gasteiger partial charge < -0.3 is 24.8 Å². The number of amides is 2. The van der Waals surface area contributed by atoms with Gasteiger partial charge in [-0.1, -0.05) is 0 Å². The first-order valence-electron chi connectivity index (χ1n) is 7.95. The average Bonchev–Trinajstić information content (AvgIpc) is 2.58. The monoisotopic (exact) mass is 343 g/mol. The maximum atomic E-state index is 12.8. The van der Waals surface area contributed by atoms with E-state index in [4.69, 9.17) is 0 Å². The molecule has 1 fully saturated rings. The van der Waals surface area contributed by atoms with Crippen molar-refractivity contribution in [3.63, 3.8) is 0 Å². The Balaban J connectivity index is 1.96. The number of hydrogen-bond donors (Lipinski definition) is 2. The third kappa shape index (κ3) is 2.08. The molecule has 0 spiro atoms. The summed E-state index contributed by atoms with van der Waals surface area (Å²) in [6, 6.07) is 2.65. The molecule has 0 aromatic carbocycles. The Labute approximate surface area is 142 Å². The molecular weight excluding hydrogens is 326 g/mol. The van der Waals surface area contributed by atoms with E-state index in [-0.39, 0.29) is 29.7 Å². The van der Waals surface area contributed by atoms with Crippen LogP contribution in [0.25, 0.3) is 11.0 Å². The van der Waals surface area contributed by atoms with E-state index in [9.17, 15) is 19.5 Å². The molecule has 2 aromatic heterocycles. The van der Waals surface area contributed by atoms with E-state index >= 15 is 0 Å². The SMILES string of the molecule is CC1CN2c3c(c(=O)[nH]c4ncccc34)N(C)C(=O)C2CN1C(=O)O. The summed E-state index contributed by atoms with van der Waals surface area (Å²) >= 11 is 0. The molecule has 9 heteroatoms. The third-order valence-electron chi connectivity index (χ3n) is 4.96. The number of H-pyrrole nitrogens is 1.